The zero-order chi connectivity index (χ0) is 22.9. The summed E-state index contributed by atoms with van der Waals surface area (Å²) >= 11 is 6.40. The maximum atomic E-state index is 9.62. The number of methoxy groups -OCH3 is 1. The van der Waals surface area contributed by atoms with Crippen LogP contribution in [0.2, 0.25) is 5.02 Å². The second-order valence-electron chi connectivity index (χ2n) is 7.19. The first-order chi connectivity index (χ1) is 16.1. The molecule has 0 saturated heterocycles. The van der Waals surface area contributed by atoms with Gasteiger partial charge < -0.3 is 14.6 Å². The normalized spacial score (nSPS) is 10.8. The summed E-state index contributed by atoms with van der Waals surface area (Å²) in [4.78, 5) is 13.0. The maximum absolute atomic E-state index is 9.62. The lowest BCUT2D eigenvalue weighted by Crippen LogP contribution is -2.01. The van der Waals surface area contributed by atoms with E-state index in [1.165, 1.54) is 10.7 Å². The third-order valence-electron chi connectivity index (χ3n) is 5.04. The van der Waals surface area contributed by atoms with Gasteiger partial charge in [0.2, 0.25) is 5.95 Å². The molecule has 3 aromatic heterocycles. The molecule has 0 fully saturated rings. The molecule has 0 spiro atoms. The minimum Gasteiger partial charge on any atom is -0.494 e. The lowest BCUT2D eigenvalue weighted by Gasteiger charge is -2.11. The van der Waals surface area contributed by atoms with Crippen molar-refractivity contribution in [2.24, 2.45) is 0 Å². The zero-order valence-corrected chi connectivity index (χ0v) is 18.4. The SMILES string of the molecule is COc1cc(Nc2nc3ncc(C#N)c(-c4ccccc4Cl)n3n2)ccc1-n1cnc(C)c1. The van der Waals surface area contributed by atoms with E-state index >= 15 is 0 Å². The predicted molar refractivity (Wildman–Crippen MR) is 124 cm³/mol. The topological polar surface area (TPSA) is 106 Å². The smallest absolute Gasteiger partial charge is 0.254 e. The van der Waals surface area contributed by atoms with Crippen LogP contribution in [0.5, 0.6) is 5.75 Å². The highest BCUT2D eigenvalue weighted by Gasteiger charge is 2.17. The van der Waals surface area contributed by atoms with Crippen molar-refractivity contribution in [1.29, 1.82) is 5.26 Å². The molecule has 9 nitrogen and oxygen atoms in total. The molecule has 0 atom stereocenters. The van der Waals surface area contributed by atoms with Crippen molar-refractivity contribution in [3.05, 3.63) is 77.5 Å². The zero-order valence-electron chi connectivity index (χ0n) is 17.7. The van der Waals surface area contributed by atoms with Gasteiger partial charge in [-0.3, -0.25) is 0 Å². The van der Waals surface area contributed by atoms with Crippen LogP contribution in [0.25, 0.3) is 22.7 Å². The van der Waals surface area contributed by atoms with E-state index in [0.717, 1.165) is 17.1 Å². The van der Waals surface area contributed by atoms with E-state index in [1.807, 2.05) is 54.1 Å². The number of hydrogen-bond donors (Lipinski definition) is 1. The summed E-state index contributed by atoms with van der Waals surface area (Å²) in [5.41, 5.74) is 4.02. The van der Waals surface area contributed by atoms with Gasteiger partial charge in [0.15, 0.2) is 0 Å². The van der Waals surface area contributed by atoms with Gasteiger partial charge in [-0.2, -0.15) is 14.8 Å². The van der Waals surface area contributed by atoms with Crippen LogP contribution in [0.1, 0.15) is 11.3 Å². The average Bonchev–Trinajstić information content (AvgIpc) is 3.44. The van der Waals surface area contributed by atoms with Gasteiger partial charge in [0.25, 0.3) is 5.78 Å². The molecule has 10 heteroatoms. The van der Waals surface area contributed by atoms with E-state index in [2.05, 4.69) is 31.4 Å². The van der Waals surface area contributed by atoms with Gasteiger partial charge in [-0.25, -0.2) is 9.97 Å². The number of nitriles is 1. The van der Waals surface area contributed by atoms with E-state index < -0.39 is 0 Å². The summed E-state index contributed by atoms with van der Waals surface area (Å²) in [6, 6.07) is 15.1. The molecule has 1 N–H and O–H groups in total. The minimum absolute atomic E-state index is 0.319. The Hall–Kier alpha value is -4.42. The van der Waals surface area contributed by atoms with Crippen molar-refractivity contribution < 1.29 is 4.74 Å². The highest BCUT2D eigenvalue weighted by Crippen LogP contribution is 2.31. The van der Waals surface area contributed by atoms with E-state index in [9.17, 15) is 5.26 Å². The summed E-state index contributed by atoms with van der Waals surface area (Å²) in [5.74, 6) is 1.31. The number of anilines is 2. The third kappa shape index (κ3) is 3.73. The Labute approximate surface area is 193 Å². The standard InChI is InChI=1S/C23H17ClN8O/c1-14-12-31(13-27-14)19-8-7-16(9-20(19)33-2)28-22-29-23-26-11-15(10-25)21(32(23)30-22)17-5-3-4-6-18(17)24/h3-9,11-13H,1-2H3,(H,28,30). The molecule has 2 aromatic carbocycles. The quantitative estimate of drug-likeness (QED) is 0.413. The molecule has 5 aromatic rings. The lowest BCUT2D eigenvalue weighted by atomic mass is 10.1. The van der Waals surface area contributed by atoms with Crippen molar-refractivity contribution in [2.75, 3.05) is 12.4 Å². The molecule has 3 heterocycles. The van der Waals surface area contributed by atoms with Crippen molar-refractivity contribution in [1.82, 2.24) is 29.1 Å². The van der Waals surface area contributed by atoms with Crippen molar-refractivity contribution in [2.45, 2.75) is 6.92 Å². The van der Waals surface area contributed by atoms with Gasteiger partial charge in [0.1, 0.15) is 11.8 Å². The highest BCUT2D eigenvalue weighted by molar-refractivity contribution is 6.33. The number of ether oxygens (including phenoxy) is 1. The van der Waals surface area contributed by atoms with Gasteiger partial charge in [-0.1, -0.05) is 29.8 Å². The van der Waals surface area contributed by atoms with Gasteiger partial charge in [0.05, 0.1) is 47.3 Å². The number of nitrogens with zero attached hydrogens (tertiary/aromatic N) is 7. The number of aromatic nitrogens is 6. The van der Waals surface area contributed by atoms with Gasteiger partial charge >= 0.3 is 0 Å². The number of rotatable bonds is 5. The number of imidazole rings is 1. The number of halogens is 1. The molecule has 162 valence electrons. The molecule has 0 unspecified atom stereocenters. The van der Waals surface area contributed by atoms with Crippen LogP contribution in [0.4, 0.5) is 11.6 Å². The van der Waals surface area contributed by atoms with Gasteiger partial charge in [0, 0.05) is 23.5 Å². The number of hydrogen-bond acceptors (Lipinski definition) is 7. The van der Waals surface area contributed by atoms with E-state index in [-0.39, 0.29) is 0 Å². The molecular weight excluding hydrogens is 440 g/mol. The molecular formula is C23H17ClN8O. The van der Waals surface area contributed by atoms with Crippen LogP contribution < -0.4 is 10.1 Å². The predicted octanol–water partition coefficient (Wildman–Crippen LogP) is 4.56. The largest absolute Gasteiger partial charge is 0.494 e. The Morgan fingerprint density at radius 3 is 2.73 bits per heavy atom. The number of fused-ring (bicyclic) bond motifs is 1. The molecule has 0 amide bonds. The maximum Gasteiger partial charge on any atom is 0.254 e. The summed E-state index contributed by atoms with van der Waals surface area (Å²) in [6.45, 7) is 1.93. The molecule has 0 aliphatic heterocycles. The Morgan fingerprint density at radius 2 is 2.00 bits per heavy atom. The summed E-state index contributed by atoms with van der Waals surface area (Å²) in [5, 5.41) is 17.8. The van der Waals surface area contributed by atoms with E-state index in [0.29, 0.717) is 39.3 Å². The fraction of sp³-hybridized carbons (Fsp3) is 0.0870. The first kappa shape index (κ1) is 20.5. The minimum atomic E-state index is 0.319. The van der Waals surface area contributed by atoms with Crippen LogP contribution >= 0.6 is 11.6 Å². The van der Waals surface area contributed by atoms with Crippen LogP contribution in [-0.2, 0) is 0 Å². The molecule has 5 rings (SSSR count). The molecule has 33 heavy (non-hydrogen) atoms. The third-order valence-corrected chi connectivity index (χ3v) is 5.37. The molecule has 0 bridgehead atoms. The number of aryl methyl sites for hydroxylation is 1. The summed E-state index contributed by atoms with van der Waals surface area (Å²) in [6.07, 6.45) is 5.12. The number of benzene rings is 2. The molecule has 0 saturated carbocycles. The van der Waals surface area contributed by atoms with Crippen LogP contribution in [-0.4, -0.2) is 36.2 Å². The van der Waals surface area contributed by atoms with E-state index in [1.54, 1.807) is 19.5 Å². The average molecular weight is 457 g/mol. The highest BCUT2D eigenvalue weighted by atomic mass is 35.5. The van der Waals surface area contributed by atoms with Crippen molar-refractivity contribution in [3.8, 4) is 28.8 Å². The van der Waals surface area contributed by atoms with Crippen molar-refractivity contribution in [3.63, 3.8) is 0 Å². The van der Waals surface area contributed by atoms with Gasteiger partial charge in [-0.05, 0) is 25.1 Å². The second kappa shape index (κ2) is 8.26. The molecule has 0 aliphatic rings. The summed E-state index contributed by atoms with van der Waals surface area (Å²) in [7, 11) is 1.61. The fourth-order valence-corrected chi connectivity index (χ4v) is 3.76. The summed E-state index contributed by atoms with van der Waals surface area (Å²) < 4.78 is 8.98. The fourth-order valence-electron chi connectivity index (χ4n) is 3.53. The Bertz CT molecular complexity index is 1530. The molecule has 0 radical (unpaired) electrons. The van der Waals surface area contributed by atoms with Crippen LogP contribution in [0.3, 0.4) is 0 Å². The monoisotopic (exact) mass is 456 g/mol. The Kier molecular flexibility index (Phi) is 5.12. The van der Waals surface area contributed by atoms with Crippen molar-refractivity contribution >= 4 is 29.0 Å². The first-order valence-electron chi connectivity index (χ1n) is 9.94. The van der Waals surface area contributed by atoms with E-state index in [4.69, 9.17) is 16.3 Å². The van der Waals surface area contributed by atoms with Crippen LogP contribution in [0.15, 0.2) is 61.2 Å². The second-order valence-corrected chi connectivity index (χ2v) is 7.60. The Balaban J connectivity index is 1.55. The van der Waals surface area contributed by atoms with Gasteiger partial charge in [-0.15, -0.1) is 5.10 Å². The lowest BCUT2D eigenvalue weighted by molar-refractivity contribution is 0.413. The Morgan fingerprint density at radius 1 is 1.15 bits per heavy atom. The first-order valence-corrected chi connectivity index (χ1v) is 10.3. The molecule has 0 aliphatic carbocycles. The van der Waals surface area contributed by atoms with Crippen LogP contribution in [0, 0.1) is 18.3 Å². The number of nitrogens with one attached hydrogen (secondary N) is 1.